The lowest BCUT2D eigenvalue weighted by Gasteiger charge is -1.96. The van der Waals surface area contributed by atoms with E-state index in [-0.39, 0.29) is 42.2 Å². The predicted molar refractivity (Wildman–Crippen MR) is 180 cm³/mol. The van der Waals surface area contributed by atoms with Crippen molar-refractivity contribution in [3.8, 4) is 45.6 Å². The number of hydrogen-bond donors (Lipinski definition) is 2. The number of halogens is 2. The van der Waals surface area contributed by atoms with E-state index in [4.69, 9.17) is 29.9 Å². The largest absolute Gasteiger partial charge is 0.324 e. The van der Waals surface area contributed by atoms with E-state index >= 15 is 0 Å². The zero-order chi connectivity index (χ0) is 26.2. The molecular formula is C32H23AlCl2N8. The van der Waals surface area contributed by atoms with Gasteiger partial charge in [-0.3, -0.25) is 0 Å². The summed E-state index contributed by atoms with van der Waals surface area (Å²) in [4.78, 5) is 36.8. The summed E-state index contributed by atoms with van der Waals surface area (Å²) >= 11 is 0. The topological polar surface area (TPSA) is 109 Å². The molecule has 2 aliphatic heterocycles. The summed E-state index contributed by atoms with van der Waals surface area (Å²) in [6.45, 7) is 0. The van der Waals surface area contributed by atoms with Gasteiger partial charge in [0.15, 0.2) is 40.7 Å². The van der Waals surface area contributed by atoms with Crippen LogP contribution in [0.3, 0.4) is 0 Å². The molecular weight excluding hydrogens is 594 g/mol. The van der Waals surface area contributed by atoms with E-state index < -0.39 is 0 Å². The highest BCUT2D eigenvalue weighted by atomic mass is 35.5. The average Bonchev–Trinajstić information content (AvgIpc) is 3.73. The average molecular weight is 617 g/mol. The van der Waals surface area contributed by atoms with Crippen molar-refractivity contribution in [1.29, 1.82) is 0 Å². The molecule has 43 heavy (non-hydrogen) atoms. The Morgan fingerprint density at radius 1 is 0.326 bits per heavy atom. The highest BCUT2D eigenvalue weighted by Gasteiger charge is 2.21. The highest BCUT2D eigenvalue weighted by Crippen LogP contribution is 2.36. The monoisotopic (exact) mass is 616 g/mol. The van der Waals surface area contributed by atoms with Gasteiger partial charge < -0.3 is 9.97 Å². The quantitative estimate of drug-likeness (QED) is 0.188. The first-order chi connectivity index (χ1) is 19.8. The van der Waals surface area contributed by atoms with E-state index in [2.05, 4.69) is 9.97 Å². The van der Waals surface area contributed by atoms with Gasteiger partial charge in [0.1, 0.15) is 22.6 Å². The lowest BCUT2D eigenvalue weighted by atomic mass is 10.1. The Morgan fingerprint density at radius 3 is 0.814 bits per heavy atom. The highest BCUT2D eigenvalue weighted by molar-refractivity contribution is 6.06. The van der Waals surface area contributed by atoms with Crippen molar-refractivity contribution in [3.05, 3.63) is 97.1 Å². The Morgan fingerprint density at radius 2 is 0.558 bits per heavy atom. The zero-order valence-corrected chi connectivity index (χ0v) is 23.4. The van der Waals surface area contributed by atoms with Gasteiger partial charge in [-0.15, -0.1) is 24.8 Å². The van der Waals surface area contributed by atoms with Crippen LogP contribution in [-0.4, -0.2) is 57.2 Å². The molecule has 0 spiro atoms. The SMILES string of the molecule is Cl.Cl.[AlH3].c1ccc2c(c1)-c1nc-2nc2[nH]c(nc3nc(nc4[nH]c(n1)c1ccccc41)-c1ccccc1-3)c1ccccc21. The molecule has 0 aliphatic carbocycles. The van der Waals surface area contributed by atoms with Gasteiger partial charge in [-0.2, -0.15) is 0 Å². The third kappa shape index (κ3) is 4.37. The number of nitrogens with zero attached hydrogens (tertiary/aromatic N) is 6. The number of H-pyrrole nitrogens is 2. The molecule has 2 N–H and O–H groups in total. The first-order valence-electron chi connectivity index (χ1n) is 13.0. The number of fused-ring (bicyclic) bond motifs is 20. The maximum absolute atomic E-state index is 5.02. The first kappa shape index (κ1) is 28.5. The van der Waals surface area contributed by atoms with Gasteiger partial charge in [0.2, 0.25) is 0 Å². The molecule has 4 aromatic carbocycles. The number of benzene rings is 4. The van der Waals surface area contributed by atoms with Crippen molar-refractivity contribution in [3.63, 3.8) is 0 Å². The second-order valence-electron chi connectivity index (χ2n) is 9.79. The number of aromatic amines is 2. The van der Waals surface area contributed by atoms with Gasteiger partial charge >= 0.3 is 0 Å². The molecule has 0 saturated heterocycles. The molecule has 208 valence electrons. The fraction of sp³-hybridized carbons (Fsp3) is 0. The Balaban J connectivity index is 0.00000110. The van der Waals surface area contributed by atoms with Crippen molar-refractivity contribution >= 4 is 86.3 Å². The zero-order valence-electron chi connectivity index (χ0n) is 21.7. The van der Waals surface area contributed by atoms with Gasteiger partial charge in [-0.1, -0.05) is 97.1 Å². The van der Waals surface area contributed by atoms with Gasteiger partial charge in [0.05, 0.1) is 0 Å². The van der Waals surface area contributed by atoms with Crippen LogP contribution in [0.5, 0.6) is 0 Å². The van der Waals surface area contributed by atoms with Gasteiger partial charge in [0.25, 0.3) is 0 Å². The molecule has 8 bridgehead atoms. The van der Waals surface area contributed by atoms with Crippen LogP contribution in [0, 0.1) is 0 Å². The van der Waals surface area contributed by atoms with Gasteiger partial charge in [0, 0.05) is 43.8 Å². The summed E-state index contributed by atoms with van der Waals surface area (Å²) in [5.41, 5.74) is 6.45. The van der Waals surface area contributed by atoms with Gasteiger partial charge in [-0.25, -0.2) is 29.9 Å². The molecule has 0 fully saturated rings. The van der Waals surface area contributed by atoms with Crippen LogP contribution in [0.15, 0.2) is 97.1 Å². The van der Waals surface area contributed by atoms with Crippen LogP contribution < -0.4 is 0 Å². The van der Waals surface area contributed by atoms with Crippen LogP contribution in [-0.2, 0) is 0 Å². The summed E-state index contributed by atoms with van der Waals surface area (Å²) in [7, 11) is 0. The van der Waals surface area contributed by atoms with Crippen LogP contribution in [0.4, 0.5) is 0 Å². The molecule has 8 nitrogen and oxygen atoms in total. The molecule has 9 rings (SSSR count). The summed E-state index contributed by atoms with van der Waals surface area (Å²) in [5.74, 6) is 2.39. The normalized spacial score (nSPS) is 11.2. The fourth-order valence-electron chi connectivity index (χ4n) is 5.59. The number of rotatable bonds is 0. The minimum absolute atomic E-state index is 0. The molecule has 0 saturated carbocycles. The molecule has 5 heterocycles. The van der Waals surface area contributed by atoms with Gasteiger partial charge in [-0.05, 0) is 0 Å². The van der Waals surface area contributed by atoms with E-state index in [0.717, 1.165) is 43.8 Å². The standard InChI is InChI=1S/C32H18N8.Al.2ClH.3H/c1-2-10-18-17(9-1)25-33-26(18)38-28-21-13-5-6-14-22(21)30(35-28)40-32-24-16-8-7-15-23(24)31(36-32)39-29-20-12-4-3-11-19(20)27(34-29)37-25;;;;;;/h1-16H,(H2,33,34,35,36,37,38,39,40);;2*1H;;;. The van der Waals surface area contributed by atoms with Crippen molar-refractivity contribution in [2.24, 2.45) is 0 Å². The molecule has 0 atom stereocenters. The van der Waals surface area contributed by atoms with Crippen molar-refractivity contribution in [2.45, 2.75) is 0 Å². The smallest absolute Gasteiger partial charge is 0.187 e. The lowest BCUT2D eigenvalue weighted by molar-refractivity contribution is 1.19. The summed E-state index contributed by atoms with van der Waals surface area (Å²) < 4.78 is 0. The lowest BCUT2D eigenvalue weighted by Crippen LogP contribution is -1.82. The summed E-state index contributed by atoms with van der Waals surface area (Å²) in [5, 5.41) is 3.82. The van der Waals surface area contributed by atoms with Crippen LogP contribution in [0.1, 0.15) is 0 Å². The Kier molecular flexibility index (Phi) is 7.20. The van der Waals surface area contributed by atoms with Crippen molar-refractivity contribution < 1.29 is 0 Å². The molecule has 3 aromatic heterocycles. The second-order valence-corrected chi connectivity index (χ2v) is 9.79. The summed E-state index contributed by atoms with van der Waals surface area (Å²) in [6, 6.07) is 32.2. The predicted octanol–water partition coefficient (Wildman–Crippen LogP) is 6.53. The second kappa shape index (κ2) is 10.9. The Labute approximate surface area is 267 Å². The number of nitrogens with one attached hydrogen (secondary N) is 2. The molecule has 11 heteroatoms. The van der Waals surface area contributed by atoms with Crippen LogP contribution in [0.2, 0.25) is 0 Å². The minimum atomic E-state index is 0. The Hall–Kier alpha value is -4.65. The van der Waals surface area contributed by atoms with E-state index in [1.807, 2.05) is 97.1 Å². The van der Waals surface area contributed by atoms with E-state index in [1.54, 1.807) is 0 Å². The third-order valence-corrected chi connectivity index (χ3v) is 7.46. The van der Waals surface area contributed by atoms with E-state index in [0.29, 0.717) is 45.9 Å². The maximum atomic E-state index is 5.02. The van der Waals surface area contributed by atoms with Crippen molar-refractivity contribution in [1.82, 2.24) is 39.9 Å². The molecule has 0 unspecified atom stereocenters. The summed E-state index contributed by atoms with van der Waals surface area (Å²) in [6.07, 6.45) is 0. The first-order valence-corrected chi connectivity index (χ1v) is 13.0. The van der Waals surface area contributed by atoms with Crippen molar-refractivity contribution in [2.75, 3.05) is 0 Å². The third-order valence-electron chi connectivity index (χ3n) is 7.46. The van der Waals surface area contributed by atoms with E-state index in [9.17, 15) is 0 Å². The number of hydrogen-bond acceptors (Lipinski definition) is 6. The molecule has 2 aliphatic rings. The minimum Gasteiger partial charge on any atom is -0.324 e. The molecule has 0 amide bonds. The fourth-order valence-corrected chi connectivity index (χ4v) is 5.59. The maximum Gasteiger partial charge on any atom is 0.187 e. The molecule has 0 radical (unpaired) electrons. The van der Waals surface area contributed by atoms with Crippen LogP contribution in [0.25, 0.3) is 89.7 Å². The molecule has 7 aromatic rings. The van der Waals surface area contributed by atoms with E-state index in [1.165, 1.54) is 0 Å². The van der Waals surface area contributed by atoms with Crippen LogP contribution >= 0.6 is 24.8 Å². The number of aromatic nitrogens is 8. The Bertz CT molecular complexity index is 2050.